The van der Waals surface area contributed by atoms with E-state index < -0.39 is 0 Å². The molecule has 20 heavy (non-hydrogen) atoms. The van der Waals surface area contributed by atoms with Gasteiger partial charge in [0, 0.05) is 36.2 Å². The number of methoxy groups -OCH3 is 1. The molecule has 0 spiro atoms. The first-order chi connectivity index (χ1) is 9.56. The van der Waals surface area contributed by atoms with Crippen LogP contribution in [0.1, 0.15) is 32.9 Å². The summed E-state index contributed by atoms with van der Waals surface area (Å²) >= 11 is 0. The molecule has 0 aliphatic heterocycles. The summed E-state index contributed by atoms with van der Waals surface area (Å²) in [6.45, 7) is 7.41. The standard InChI is InChI=1S/C17H21NO2/c1-12-7-5-6-8-15(12)17(19)16-11-13(2)18(14(16)3)9-10-20-4/h5-8,11H,9-10H2,1-4H3. The molecule has 1 aromatic heterocycles. The first-order valence-electron chi connectivity index (χ1n) is 6.82. The van der Waals surface area contributed by atoms with E-state index in [0.29, 0.717) is 6.61 Å². The summed E-state index contributed by atoms with van der Waals surface area (Å²) in [5.74, 6) is 0.0971. The van der Waals surface area contributed by atoms with E-state index in [0.717, 1.165) is 34.6 Å². The molecule has 0 N–H and O–H groups in total. The van der Waals surface area contributed by atoms with Gasteiger partial charge in [0.2, 0.25) is 0 Å². The zero-order valence-corrected chi connectivity index (χ0v) is 12.6. The van der Waals surface area contributed by atoms with Crippen LogP contribution in [0.3, 0.4) is 0 Å². The molecule has 0 saturated heterocycles. The van der Waals surface area contributed by atoms with Crippen molar-refractivity contribution >= 4 is 5.78 Å². The Morgan fingerprint density at radius 3 is 2.50 bits per heavy atom. The molecule has 0 aliphatic rings. The Hall–Kier alpha value is -1.87. The van der Waals surface area contributed by atoms with Crippen molar-refractivity contribution in [3.63, 3.8) is 0 Å². The molecule has 0 bridgehead atoms. The summed E-state index contributed by atoms with van der Waals surface area (Å²) in [7, 11) is 1.69. The van der Waals surface area contributed by atoms with Gasteiger partial charge in [-0.2, -0.15) is 0 Å². The summed E-state index contributed by atoms with van der Waals surface area (Å²) in [5.41, 5.74) is 4.68. The lowest BCUT2D eigenvalue weighted by Crippen LogP contribution is -2.09. The van der Waals surface area contributed by atoms with Gasteiger partial charge in [-0.25, -0.2) is 0 Å². The normalized spacial score (nSPS) is 10.8. The van der Waals surface area contributed by atoms with Crippen molar-refractivity contribution in [1.29, 1.82) is 0 Å². The molecule has 0 saturated carbocycles. The van der Waals surface area contributed by atoms with Gasteiger partial charge in [-0.1, -0.05) is 24.3 Å². The zero-order chi connectivity index (χ0) is 14.7. The predicted molar refractivity (Wildman–Crippen MR) is 80.4 cm³/mol. The Kier molecular flexibility index (Phi) is 4.40. The lowest BCUT2D eigenvalue weighted by molar-refractivity contribution is 0.103. The Morgan fingerprint density at radius 1 is 1.15 bits per heavy atom. The van der Waals surface area contributed by atoms with E-state index in [9.17, 15) is 4.79 Å². The molecule has 1 heterocycles. The fraction of sp³-hybridized carbons (Fsp3) is 0.353. The van der Waals surface area contributed by atoms with Crippen molar-refractivity contribution in [3.05, 3.63) is 58.4 Å². The fourth-order valence-corrected chi connectivity index (χ4v) is 2.53. The number of hydrogen-bond acceptors (Lipinski definition) is 2. The fourth-order valence-electron chi connectivity index (χ4n) is 2.53. The molecule has 106 valence electrons. The molecule has 0 unspecified atom stereocenters. The van der Waals surface area contributed by atoms with Crippen LogP contribution >= 0.6 is 0 Å². The molecule has 2 aromatic rings. The van der Waals surface area contributed by atoms with E-state index >= 15 is 0 Å². The second-order valence-corrected chi connectivity index (χ2v) is 5.07. The molecule has 0 radical (unpaired) electrons. The number of ether oxygens (including phenoxy) is 1. The van der Waals surface area contributed by atoms with Gasteiger partial charge in [-0.15, -0.1) is 0 Å². The molecule has 2 rings (SSSR count). The third-order valence-electron chi connectivity index (χ3n) is 3.73. The Labute approximate surface area is 120 Å². The highest BCUT2D eigenvalue weighted by Gasteiger charge is 2.18. The van der Waals surface area contributed by atoms with Crippen molar-refractivity contribution in [2.24, 2.45) is 0 Å². The Morgan fingerprint density at radius 2 is 1.85 bits per heavy atom. The van der Waals surface area contributed by atoms with Gasteiger partial charge < -0.3 is 9.30 Å². The maximum absolute atomic E-state index is 12.7. The minimum Gasteiger partial charge on any atom is -0.383 e. The number of aryl methyl sites for hydroxylation is 2. The minimum absolute atomic E-state index is 0.0971. The van der Waals surface area contributed by atoms with Gasteiger partial charge in [0.05, 0.1) is 6.61 Å². The quantitative estimate of drug-likeness (QED) is 0.781. The minimum atomic E-state index is 0.0971. The summed E-state index contributed by atoms with van der Waals surface area (Å²) in [6, 6.07) is 9.69. The average Bonchev–Trinajstić information content (AvgIpc) is 2.72. The lowest BCUT2D eigenvalue weighted by atomic mass is 9.99. The Bertz CT molecular complexity index is 626. The molecule has 3 heteroatoms. The van der Waals surface area contributed by atoms with Crippen LogP contribution in [-0.2, 0) is 11.3 Å². The predicted octanol–water partition coefficient (Wildman–Crippen LogP) is 3.29. The smallest absolute Gasteiger partial charge is 0.195 e. The third-order valence-corrected chi connectivity index (χ3v) is 3.73. The summed E-state index contributed by atoms with van der Waals surface area (Å²) in [6.07, 6.45) is 0. The van der Waals surface area contributed by atoms with Gasteiger partial charge in [0.25, 0.3) is 0 Å². The monoisotopic (exact) mass is 271 g/mol. The van der Waals surface area contributed by atoms with Crippen molar-refractivity contribution < 1.29 is 9.53 Å². The maximum atomic E-state index is 12.7. The van der Waals surface area contributed by atoms with E-state index in [2.05, 4.69) is 4.57 Å². The van der Waals surface area contributed by atoms with Gasteiger partial charge in [-0.05, 0) is 32.4 Å². The van der Waals surface area contributed by atoms with Gasteiger partial charge in [0.15, 0.2) is 5.78 Å². The molecular formula is C17H21NO2. The number of benzene rings is 1. The van der Waals surface area contributed by atoms with E-state index in [1.165, 1.54) is 0 Å². The van der Waals surface area contributed by atoms with Gasteiger partial charge in [-0.3, -0.25) is 4.79 Å². The van der Waals surface area contributed by atoms with Gasteiger partial charge >= 0.3 is 0 Å². The summed E-state index contributed by atoms with van der Waals surface area (Å²) in [5, 5.41) is 0. The van der Waals surface area contributed by atoms with Crippen LogP contribution < -0.4 is 0 Å². The van der Waals surface area contributed by atoms with Crippen LogP contribution in [-0.4, -0.2) is 24.1 Å². The summed E-state index contributed by atoms with van der Waals surface area (Å²) < 4.78 is 7.26. The largest absolute Gasteiger partial charge is 0.383 e. The molecule has 0 aliphatic carbocycles. The van der Waals surface area contributed by atoms with Crippen LogP contribution in [0.5, 0.6) is 0 Å². The number of rotatable bonds is 5. The molecule has 1 aromatic carbocycles. The molecule has 0 fully saturated rings. The SMILES string of the molecule is COCCn1c(C)cc(C(=O)c2ccccc2C)c1C. The highest BCUT2D eigenvalue weighted by atomic mass is 16.5. The van der Waals surface area contributed by atoms with Crippen LogP contribution in [0.2, 0.25) is 0 Å². The number of hydrogen-bond donors (Lipinski definition) is 0. The number of aromatic nitrogens is 1. The highest BCUT2D eigenvalue weighted by molar-refractivity contribution is 6.10. The van der Waals surface area contributed by atoms with Crippen LogP contribution in [0, 0.1) is 20.8 Å². The first kappa shape index (κ1) is 14.5. The van der Waals surface area contributed by atoms with Crippen molar-refractivity contribution in [2.45, 2.75) is 27.3 Å². The number of ketones is 1. The molecule has 0 atom stereocenters. The van der Waals surface area contributed by atoms with E-state index in [1.807, 2.05) is 51.1 Å². The maximum Gasteiger partial charge on any atom is 0.195 e. The van der Waals surface area contributed by atoms with E-state index in [-0.39, 0.29) is 5.78 Å². The van der Waals surface area contributed by atoms with Crippen molar-refractivity contribution in [3.8, 4) is 0 Å². The molecular weight excluding hydrogens is 250 g/mol. The third kappa shape index (κ3) is 2.68. The van der Waals surface area contributed by atoms with Crippen LogP contribution in [0.15, 0.2) is 30.3 Å². The number of carbonyl (C=O) groups excluding carboxylic acids is 1. The van der Waals surface area contributed by atoms with Gasteiger partial charge in [0.1, 0.15) is 0 Å². The average molecular weight is 271 g/mol. The second-order valence-electron chi connectivity index (χ2n) is 5.07. The molecule has 0 amide bonds. The number of nitrogens with zero attached hydrogens (tertiary/aromatic N) is 1. The van der Waals surface area contributed by atoms with Crippen molar-refractivity contribution in [1.82, 2.24) is 4.57 Å². The number of carbonyl (C=O) groups is 1. The molecule has 3 nitrogen and oxygen atoms in total. The van der Waals surface area contributed by atoms with Crippen molar-refractivity contribution in [2.75, 3.05) is 13.7 Å². The van der Waals surface area contributed by atoms with Crippen LogP contribution in [0.25, 0.3) is 0 Å². The van der Waals surface area contributed by atoms with Crippen LogP contribution in [0.4, 0.5) is 0 Å². The summed E-state index contributed by atoms with van der Waals surface area (Å²) in [4.78, 5) is 12.7. The van der Waals surface area contributed by atoms with E-state index in [4.69, 9.17) is 4.74 Å². The Balaban J connectivity index is 2.39. The topological polar surface area (TPSA) is 31.2 Å². The highest BCUT2D eigenvalue weighted by Crippen LogP contribution is 2.20. The second kappa shape index (κ2) is 6.06. The first-order valence-corrected chi connectivity index (χ1v) is 6.82. The lowest BCUT2D eigenvalue weighted by Gasteiger charge is -2.09. The van der Waals surface area contributed by atoms with E-state index in [1.54, 1.807) is 7.11 Å². The zero-order valence-electron chi connectivity index (χ0n) is 12.6.